The van der Waals surface area contributed by atoms with Crippen LogP contribution in [-0.2, 0) is 10.0 Å². The van der Waals surface area contributed by atoms with Crippen LogP contribution in [0.25, 0.3) is 0 Å². The molecular weight excluding hydrogens is 407 g/mol. The highest BCUT2D eigenvalue weighted by molar-refractivity contribution is 7.89. The van der Waals surface area contributed by atoms with Crippen LogP contribution < -0.4 is 15.4 Å². The van der Waals surface area contributed by atoms with Crippen LogP contribution in [0.15, 0.2) is 71.8 Å². The number of rotatable bonds is 8. The van der Waals surface area contributed by atoms with E-state index >= 15 is 0 Å². The smallest absolute Gasteiger partial charge is 0.255 e. The van der Waals surface area contributed by atoms with E-state index in [-0.39, 0.29) is 29.4 Å². The third-order valence-electron chi connectivity index (χ3n) is 4.17. The van der Waals surface area contributed by atoms with Gasteiger partial charge in [0.25, 0.3) is 5.91 Å². The molecule has 9 heteroatoms. The number of hydrogen-bond acceptors (Lipinski definition) is 5. The topological polar surface area (TPSA) is 100 Å². The van der Waals surface area contributed by atoms with Gasteiger partial charge in [-0.15, -0.1) is 0 Å². The predicted octanol–water partition coefficient (Wildman–Crippen LogP) is 2.98. The molecule has 0 atom stereocenters. The van der Waals surface area contributed by atoms with E-state index < -0.39 is 21.7 Å². The van der Waals surface area contributed by atoms with Crippen molar-refractivity contribution in [1.29, 1.82) is 0 Å². The van der Waals surface area contributed by atoms with E-state index in [0.717, 1.165) is 5.56 Å². The van der Waals surface area contributed by atoms with Crippen LogP contribution >= 0.6 is 0 Å². The lowest BCUT2D eigenvalue weighted by Gasteiger charge is -2.12. The Morgan fingerprint density at radius 1 is 1.03 bits per heavy atom. The summed E-state index contributed by atoms with van der Waals surface area (Å²) in [4.78, 5) is 16.8. The summed E-state index contributed by atoms with van der Waals surface area (Å²) in [6, 6.07) is 15.4. The zero-order valence-corrected chi connectivity index (χ0v) is 17.0. The number of pyridine rings is 1. The molecule has 0 saturated heterocycles. The van der Waals surface area contributed by atoms with Gasteiger partial charge in [0, 0.05) is 25.0 Å². The molecule has 0 saturated carbocycles. The molecule has 0 spiro atoms. The van der Waals surface area contributed by atoms with Crippen LogP contribution in [0.3, 0.4) is 0 Å². The van der Waals surface area contributed by atoms with Crippen LogP contribution in [0.1, 0.15) is 15.9 Å². The van der Waals surface area contributed by atoms with E-state index in [1.165, 1.54) is 30.5 Å². The molecular formula is C21H21FN4O3S. The Morgan fingerprint density at radius 2 is 1.80 bits per heavy atom. The number of carbonyl (C=O) groups excluding carboxylic acids is 1. The zero-order valence-electron chi connectivity index (χ0n) is 16.2. The molecule has 7 nitrogen and oxygen atoms in total. The van der Waals surface area contributed by atoms with Gasteiger partial charge in [-0.3, -0.25) is 4.79 Å². The molecule has 0 fully saturated rings. The molecule has 0 aliphatic heterocycles. The van der Waals surface area contributed by atoms with Gasteiger partial charge < -0.3 is 10.6 Å². The van der Waals surface area contributed by atoms with Crippen LogP contribution in [0.5, 0.6) is 0 Å². The summed E-state index contributed by atoms with van der Waals surface area (Å²) in [5.41, 5.74) is 1.66. The molecule has 0 aliphatic rings. The Labute approximate surface area is 174 Å². The summed E-state index contributed by atoms with van der Waals surface area (Å²) in [7, 11) is -3.65. The van der Waals surface area contributed by atoms with Crippen LogP contribution in [0, 0.1) is 12.7 Å². The van der Waals surface area contributed by atoms with Crippen LogP contribution in [0.2, 0.25) is 0 Å². The highest BCUT2D eigenvalue weighted by Crippen LogP contribution is 2.19. The number of amides is 1. The lowest BCUT2D eigenvalue weighted by molar-refractivity contribution is 0.0955. The van der Waals surface area contributed by atoms with E-state index in [9.17, 15) is 17.6 Å². The fourth-order valence-electron chi connectivity index (χ4n) is 2.65. The first-order valence-corrected chi connectivity index (χ1v) is 10.7. The highest BCUT2D eigenvalue weighted by Gasteiger charge is 2.15. The first kappa shape index (κ1) is 21.4. The first-order chi connectivity index (χ1) is 14.3. The maximum atomic E-state index is 13.4. The summed E-state index contributed by atoms with van der Waals surface area (Å²) in [6.45, 7) is 1.97. The summed E-state index contributed by atoms with van der Waals surface area (Å²) in [6.07, 6.45) is 1.51. The number of aryl methyl sites for hydroxylation is 1. The van der Waals surface area contributed by atoms with Gasteiger partial charge in [-0.05, 0) is 49.4 Å². The van der Waals surface area contributed by atoms with Crippen molar-refractivity contribution in [2.45, 2.75) is 11.8 Å². The predicted molar refractivity (Wildman–Crippen MR) is 113 cm³/mol. The van der Waals surface area contributed by atoms with Crippen molar-refractivity contribution in [3.63, 3.8) is 0 Å². The minimum Gasteiger partial charge on any atom is -0.351 e. The van der Waals surface area contributed by atoms with Crippen molar-refractivity contribution in [3.8, 4) is 0 Å². The monoisotopic (exact) mass is 428 g/mol. The fourth-order valence-corrected chi connectivity index (χ4v) is 3.68. The third-order valence-corrected chi connectivity index (χ3v) is 5.65. The van der Waals surface area contributed by atoms with E-state index in [1.54, 1.807) is 36.4 Å². The van der Waals surface area contributed by atoms with Gasteiger partial charge >= 0.3 is 0 Å². The quantitative estimate of drug-likeness (QED) is 0.479. The average Bonchev–Trinajstić information content (AvgIpc) is 2.72. The molecule has 3 aromatic rings. The Balaban J connectivity index is 1.58. The number of nitrogens with one attached hydrogen (secondary N) is 3. The number of sulfonamides is 1. The van der Waals surface area contributed by atoms with Gasteiger partial charge in [0.2, 0.25) is 10.0 Å². The van der Waals surface area contributed by atoms with Crippen molar-refractivity contribution >= 4 is 27.4 Å². The third kappa shape index (κ3) is 5.62. The van der Waals surface area contributed by atoms with Gasteiger partial charge in [0.1, 0.15) is 11.6 Å². The molecule has 0 radical (unpaired) electrons. The Kier molecular flexibility index (Phi) is 6.76. The minimum absolute atomic E-state index is 0.0227. The molecule has 0 bridgehead atoms. The second-order valence-corrected chi connectivity index (χ2v) is 8.27. The van der Waals surface area contributed by atoms with Gasteiger partial charge in [-0.2, -0.15) is 0 Å². The van der Waals surface area contributed by atoms with E-state index in [0.29, 0.717) is 5.69 Å². The second kappa shape index (κ2) is 9.47. The SMILES string of the molecule is Cc1ccc(S(=O)(=O)NCCNC(=O)c2cccnc2Nc2cccc(F)c2)cc1. The largest absolute Gasteiger partial charge is 0.351 e. The number of anilines is 2. The molecule has 156 valence electrons. The fraction of sp³-hybridized carbons (Fsp3) is 0.143. The van der Waals surface area contributed by atoms with Crippen molar-refractivity contribution in [2.75, 3.05) is 18.4 Å². The van der Waals surface area contributed by atoms with Crippen LogP contribution in [-0.4, -0.2) is 32.4 Å². The number of carbonyl (C=O) groups is 1. The molecule has 3 N–H and O–H groups in total. The van der Waals surface area contributed by atoms with E-state index in [1.807, 2.05) is 6.92 Å². The molecule has 0 unspecified atom stereocenters. The number of nitrogens with zero attached hydrogens (tertiary/aromatic N) is 1. The molecule has 30 heavy (non-hydrogen) atoms. The lowest BCUT2D eigenvalue weighted by Crippen LogP contribution is -2.35. The summed E-state index contributed by atoms with van der Waals surface area (Å²) in [5.74, 6) is -0.583. The van der Waals surface area contributed by atoms with E-state index in [2.05, 4.69) is 20.3 Å². The zero-order chi connectivity index (χ0) is 21.6. The molecule has 0 aliphatic carbocycles. The number of hydrogen-bond donors (Lipinski definition) is 3. The Hall–Kier alpha value is -3.30. The standard InChI is InChI=1S/C21H21FN4O3S/c1-15-7-9-18(10-8-15)30(28,29)25-13-12-24-21(27)19-6-3-11-23-20(19)26-17-5-2-4-16(22)14-17/h2-11,14,25H,12-13H2,1H3,(H,23,26)(H,24,27). The van der Waals surface area contributed by atoms with Gasteiger partial charge in [0.05, 0.1) is 10.5 Å². The van der Waals surface area contributed by atoms with Gasteiger partial charge in [-0.1, -0.05) is 23.8 Å². The van der Waals surface area contributed by atoms with Crippen molar-refractivity contribution < 1.29 is 17.6 Å². The van der Waals surface area contributed by atoms with Gasteiger partial charge in [-0.25, -0.2) is 22.5 Å². The molecule has 3 rings (SSSR count). The Bertz CT molecular complexity index is 1130. The summed E-state index contributed by atoms with van der Waals surface area (Å²) < 4.78 is 40.4. The molecule has 2 aromatic carbocycles. The minimum atomic E-state index is -3.65. The first-order valence-electron chi connectivity index (χ1n) is 9.17. The number of aromatic nitrogens is 1. The Morgan fingerprint density at radius 3 is 2.53 bits per heavy atom. The summed E-state index contributed by atoms with van der Waals surface area (Å²) in [5, 5.41) is 5.56. The van der Waals surface area contributed by atoms with Crippen LogP contribution in [0.4, 0.5) is 15.9 Å². The van der Waals surface area contributed by atoms with E-state index in [4.69, 9.17) is 0 Å². The second-order valence-electron chi connectivity index (χ2n) is 6.50. The number of benzene rings is 2. The molecule has 1 amide bonds. The van der Waals surface area contributed by atoms with Crippen molar-refractivity contribution in [3.05, 3.63) is 83.8 Å². The van der Waals surface area contributed by atoms with Crippen molar-refractivity contribution in [1.82, 2.24) is 15.0 Å². The number of halogens is 1. The normalized spacial score (nSPS) is 11.1. The maximum absolute atomic E-state index is 13.4. The average molecular weight is 428 g/mol. The molecule has 1 aromatic heterocycles. The lowest BCUT2D eigenvalue weighted by atomic mass is 10.2. The van der Waals surface area contributed by atoms with Crippen molar-refractivity contribution in [2.24, 2.45) is 0 Å². The molecule has 1 heterocycles. The summed E-state index contributed by atoms with van der Waals surface area (Å²) >= 11 is 0. The maximum Gasteiger partial charge on any atom is 0.255 e. The van der Waals surface area contributed by atoms with Gasteiger partial charge in [0.15, 0.2) is 0 Å². The highest BCUT2D eigenvalue weighted by atomic mass is 32.2.